The van der Waals surface area contributed by atoms with E-state index in [1.54, 1.807) is 12.1 Å². The fourth-order valence-electron chi connectivity index (χ4n) is 3.63. The molecular formula is C30H36N2O2. The molecule has 178 valence electrons. The highest BCUT2D eigenvalue weighted by Gasteiger charge is 2.13. The lowest BCUT2D eigenvalue weighted by Gasteiger charge is -2.19. The van der Waals surface area contributed by atoms with Crippen molar-refractivity contribution in [1.29, 1.82) is 0 Å². The van der Waals surface area contributed by atoms with Crippen LogP contribution in [0, 0.1) is 6.92 Å². The number of hydrazone groups is 1. The van der Waals surface area contributed by atoms with Gasteiger partial charge in [-0.1, -0.05) is 83.1 Å². The largest absolute Gasteiger partial charge is 0.489 e. The average Bonchev–Trinajstić information content (AvgIpc) is 2.80. The van der Waals surface area contributed by atoms with Gasteiger partial charge in [0.1, 0.15) is 12.4 Å². The summed E-state index contributed by atoms with van der Waals surface area (Å²) >= 11 is 0. The number of benzene rings is 3. The molecule has 3 rings (SSSR count). The molecule has 0 atom stereocenters. The van der Waals surface area contributed by atoms with Gasteiger partial charge in [-0.05, 0) is 71.2 Å². The van der Waals surface area contributed by atoms with Crippen LogP contribution in [-0.2, 0) is 12.0 Å². The first-order valence-corrected chi connectivity index (χ1v) is 11.8. The molecule has 0 aromatic heterocycles. The predicted molar refractivity (Wildman–Crippen MR) is 141 cm³/mol. The van der Waals surface area contributed by atoms with Gasteiger partial charge in [0.05, 0.1) is 5.71 Å². The number of rotatable bonds is 7. The molecule has 0 unspecified atom stereocenters. The Labute approximate surface area is 204 Å². The molecule has 1 N–H and O–H groups in total. The van der Waals surface area contributed by atoms with Gasteiger partial charge in [0.15, 0.2) is 0 Å². The smallest absolute Gasteiger partial charge is 0.271 e. The van der Waals surface area contributed by atoms with Crippen LogP contribution in [0.3, 0.4) is 0 Å². The fraction of sp³-hybridized carbons (Fsp3) is 0.333. The maximum atomic E-state index is 12.6. The van der Waals surface area contributed by atoms with E-state index in [0.717, 1.165) is 22.6 Å². The highest BCUT2D eigenvalue weighted by Crippen LogP contribution is 2.28. The molecule has 0 heterocycles. The zero-order chi connectivity index (χ0) is 24.9. The van der Waals surface area contributed by atoms with Crippen LogP contribution in [0.15, 0.2) is 71.8 Å². The van der Waals surface area contributed by atoms with Crippen LogP contribution in [0.5, 0.6) is 5.75 Å². The molecule has 0 spiro atoms. The molecule has 0 aliphatic rings. The zero-order valence-electron chi connectivity index (χ0n) is 21.4. The van der Waals surface area contributed by atoms with Crippen LogP contribution in [0.1, 0.15) is 85.6 Å². The maximum absolute atomic E-state index is 12.6. The molecule has 3 aromatic rings. The monoisotopic (exact) mass is 456 g/mol. The third kappa shape index (κ3) is 6.57. The average molecular weight is 457 g/mol. The molecule has 0 saturated carbocycles. The molecule has 1 amide bonds. The van der Waals surface area contributed by atoms with E-state index >= 15 is 0 Å². The van der Waals surface area contributed by atoms with E-state index in [2.05, 4.69) is 82.4 Å². The van der Waals surface area contributed by atoms with Gasteiger partial charge in [-0.3, -0.25) is 4.79 Å². The third-order valence-electron chi connectivity index (χ3n) is 5.90. The van der Waals surface area contributed by atoms with Crippen molar-refractivity contribution in [1.82, 2.24) is 5.43 Å². The van der Waals surface area contributed by atoms with Gasteiger partial charge < -0.3 is 4.74 Å². The van der Waals surface area contributed by atoms with E-state index in [-0.39, 0.29) is 11.3 Å². The summed E-state index contributed by atoms with van der Waals surface area (Å²) in [6, 6.07) is 22.1. The predicted octanol–water partition coefficient (Wildman–Crippen LogP) is 7.15. The molecule has 0 aliphatic heterocycles. The third-order valence-corrected chi connectivity index (χ3v) is 5.90. The summed E-state index contributed by atoms with van der Waals surface area (Å²) in [5.41, 5.74) is 9.71. The first-order valence-electron chi connectivity index (χ1n) is 11.8. The number of hydrogen-bond donors (Lipinski definition) is 1. The molecule has 0 fully saturated rings. The lowest BCUT2D eigenvalue weighted by atomic mass is 9.86. The van der Waals surface area contributed by atoms with Crippen molar-refractivity contribution in [3.63, 3.8) is 0 Å². The standard InChI is InChI=1S/C30H36N2O2/c1-20(2)27-17-8-21(3)18-28(27)34-19-23-9-11-25(12-10-23)29(33)32-31-22(4)24-13-15-26(16-14-24)30(5,6)7/h8-18,20H,19H2,1-7H3,(H,32,33)/b31-22+. The quantitative estimate of drug-likeness (QED) is 0.303. The Morgan fingerprint density at radius 2 is 1.56 bits per heavy atom. The summed E-state index contributed by atoms with van der Waals surface area (Å²) < 4.78 is 6.10. The van der Waals surface area contributed by atoms with E-state index in [4.69, 9.17) is 4.74 Å². The fourth-order valence-corrected chi connectivity index (χ4v) is 3.63. The number of nitrogens with zero attached hydrogens (tertiary/aromatic N) is 1. The Bertz CT molecular complexity index is 1150. The second kappa shape index (κ2) is 10.7. The number of carbonyl (C=O) groups is 1. The molecule has 4 heteroatoms. The van der Waals surface area contributed by atoms with Crippen molar-refractivity contribution in [3.8, 4) is 5.75 Å². The van der Waals surface area contributed by atoms with E-state index in [0.29, 0.717) is 18.1 Å². The lowest BCUT2D eigenvalue weighted by Crippen LogP contribution is -2.19. The van der Waals surface area contributed by atoms with Crippen LogP contribution in [0.2, 0.25) is 0 Å². The summed E-state index contributed by atoms with van der Waals surface area (Å²) in [6.45, 7) is 15.3. The zero-order valence-corrected chi connectivity index (χ0v) is 21.4. The van der Waals surface area contributed by atoms with E-state index in [9.17, 15) is 4.79 Å². The van der Waals surface area contributed by atoms with Crippen molar-refractivity contribution in [3.05, 3.63) is 100 Å². The van der Waals surface area contributed by atoms with Gasteiger partial charge >= 0.3 is 0 Å². The van der Waals surface area contributed by atoms with E-state index in [1.165, 1.54) is 16.7 Å². The normalized spacial score (nSPS) is 12.1. The van der Waals surface area contributed by atoms with Crippen molar-refractivity contribution in [2.75, 3.05) is 0 Å². The van der Waals surface area contributed by atoms with Crippen molar-refractivity contribution >= 4 is 11.6 Å². The minimum atomic E-state index is -0.237. The minimum Gasteiger partial charge on any atom is -0.489 e. The molecule has 0 saturated heterocycles. The van der Waals surface area contributed by atoms with Crippen molar-refractivity contribution < 1.29 is 9.53 Å². The summed E-state index contributed by atoms with van der Waals surface area (Å²) in [7, 11) is 0. The van der Waals surface area contributed by atoms with Gasteiger partial charge in [-0.2, -0.15) is 5.10 Å². The SMILES string of the molecule is C/C(=N\NC(=O)c1ccc(COc2cc(C)ccc2C(C)C)cc1)c1ccc(C(C)(C)C)cc1. The number of hydrogen-bond acceptors (Lipinski definition) is 3. The Balaban J connectivity index is 1.60. The second-order valence-electron chi connectivity index (χ2n) is 10.1. The second-order valence-corrected chi connectivity index (χ2v) is 10.1. The number of amides is 1. The number of nitrogens with one attached hydrogen (secondary N) is 1. The summed E-state index contributed by atoms with van der Waals surface area (Å²) in [6.07, 6.45) is 0. The number of aryl methyl sites for hydroxylation is 1. The molecule has 0 radical (unpaired) electrons. The molecule has 0 aliphatic carbocycles. The lowest BCUT2D eigenvalue weighted by molar-refractivity contribution is 0.0954. The Morgan fingerprint density at radius 3 is 2.15 bits per heavy atom. The van der Waals surface area contributed by atoms with Crippen LogP contribution in [-0.4, -0.2) is 11.6 Å². The molecule has 34 heavy (non-hydrogen) atoms. The number of carbonyl (C=O) groups excluding carboxylic acids is 1. The van der Waals surface area contributed by atoms with Gasteiger partial charge in [0.25, 0.3) is 5.91 Å². The van der Waals surface area contributed by atoms with Gasteiger partial charge in [0.2, 0.25) is 0 Å². The van der Waals surface area contributed by atoms with Gasteiger partial charge in [-0.15, -0.1) is 0 Å². The summed E-state index contributed by atoms with van der Waals surface area (Å²) in [4.78, 5) is 12.6. The van der Waals surface area contributed by atoms with Crippen LogP contribution in [0.25, 0.3) is 0 Å². The van der Waals surface area contributed by atoms with E-state index < -0.39 is 0 Å². The van der Waals surface area contributed by atoms with Gasteiger partial charge in [-0.25, -0.2) is 5.43 Å². The highest BCUT2D eigenvalue weighted by atomic mass is 16.5. The van der Waals surface area contributed by atoms with Crippen molar-refractivity contribution in [2.24, 2.45) is 5.10 Å². The number of ether oxygens (including phenoxy) is 1. The molecule has 0 bridgehead atoms. The Hall–Kier alpha value is -3.40. The Kier molecular flexibility index (Phi) is 7.93. The minimum absolute atomic E-state index is 0.103. The van der Waals surface area contributed by atoms with Crippen LogP contribution < -0.4 is 10.2 Å². The molecule has 4 nitrogen and oxygen atoms in total. The molecule has 3 aromatic carbocycles. The molecular weight excluding hydrogens is 420 g/mol. The van der Waals surface area contributed by atoms with Crippen LogP contribution in [0.4, 0.5) is 0 Å². The maximum Gasteiger partial charge on any atom is 0.271 e. The van der Waals surface area contributed by atoms with Gasteiger partial charge in [0, 0.05) is 5.56 Å². The highest BCUT2D eigenvalue weighted by molar-refractivity contribution is 6.00. The summed E-state index contributed by atoms with van der Waals surface area (Å²) in [5.74, 6) is 1.07. The van der Waals surface area contributed by atoms with Crippen molar-refractivity contribution in [2.45, 2.75) is 66.4 Å². The topological polar surface area (TPSA) is 50.7 Å². The first-order chi connectivity index (χ1) is 16.0. The van der Waals surface area contributed by atoms with E-state index in [1.807, 2.05) is 31.2 Å². The summed E-state index contributed by atoms with van der Waals surface area (Å²) in [5, 5.41) is 4.29. The Morgan fingerprint density at radius 1 is 0.941 bits per heavy atom. The first kappa shape index (κ1) is 25.2. The van der Waals surface area contributed by atoms with Crippen LogP contribution >= 0.6 is 0 Å².